The molecule has 43 heavy (non-hydrogen) atoms. The maximum Gasteiger partial charge on any atom is 0.114 e. The standard InChI is InChI=1S/C40H32N2S/c1-5-14-30(15-6-1)31-16-13-23-35(28-31)43(33-19-9-3-10-20-33,34-21-11-4-12-22-34)36-24-25-37-38-26-27-41-40(38)42(39(37)29-36)32-17-7-2-8-18-32/h1-29,37,39,41H. The summed E-state index contributed by atoms with van der Waals surface area (Å²) in [5.74, 6) is 1.47. The zero-order chi connectivity index (χ0) is 28.6. The molecule has 8 rings (SSSR count). The number of nitrogens with zero attached hydrogens (tertiary/aromatic N) is 1. The van der Waals surface area contributed by atoms with Crippen molar-refractivity contribution in [2.24, 2.45) is 0 Å². The summed E-state index contributed by atoms with van der Waals surface area (Å²) in [6.45, 7) is 0. The van der Waals surface area contributed by atoms with Crippen molar-refractivity contribution in [3.05, 3.63) is 187 Å². The number of aromatic nitrogens is 1. The lowest BCUT2D eigenvalue weighted by molar-refractivity contribution is 0.738. The first-order chi connectivity index (χ1) is 21.3. The molecule has 2 nitrogen and oxygen atoms in total. The molecule has 0 radical (unpaired) electrons. The van der Waals surface area contributed by atoms with Crippen molar-refractivity contribution in [1.82, 2.24) is 4.98 Å². The Bertz CT molecular complexity index is 1890. The zero-order valence-electron chi connectivity index (χ0n) is 23.8. The number of benzene rings is 5. The van der Waals surface area contributed by atoms with E-state index in [1.165, 1.54) is 47.8 Å². The number of anilines is 2. The zero-order valence-corrected chi connectivity index (χ0v) is 24.6. The summed E-state index contributed by atoms with van der Waals surface area (Å²) < 4.78 is 0. The van der Waals surface area contributed by atoms with Crippen LogP contribution in [0.3, 0.4) is 0 Å². The van der Waals surface area contributed by atoms with E-state index in [-0.39, 0.29) is 12.0 Å². The molecule has 6 aromatic rings. The predicted octanol–water partition coefficient (Wildman–Crippen LogP) is 10.7. The quantitative estimate of drug-likeness (QED) is 0.210. The third-order valence-corrected chi connectivity index (χ3v) is 12.6. The second-order valence-electron chi connectivity index (χ2n) is 11.1. The number of hydrogen-bond donors (Lipinski definition) is 1. The van der Waals surface area contributed by atoms with Gasteiger partial charge in [-0.3, -0.25) is 0 Å². The molecule has 1 aliphatic carbocycles. The van der Waals surface area contributed by atoms with Crippen LogP contribution in [0.1, 0.15) is 11.5 Å². The third-order valence-electron chi connectivity index (χ3n) is 8.70. The predicted molar refractivity (Wildman–Crippen MR) is 180 cm³/mol. The summed E-state index contributed by atoms with van der Waals surface area (Å²) in [6.07, 6.45) is 9.51. The van der Waals surface area contributed by atoms with Crippen LogP contribution in [0.15, 0.2) is 196 Å². The number of fused-ring (bicyclic) bond motifs is 3. The summed E-state index contributed by atoms with van der Waals surface area (Å²) in [5.41, 5.74) is 5.03. The molecule has 2 unspecified atom stereocenters. The molecular formula is C40H32N2S. The van der Waals surface area contributed by atoms with Crippen molar-refractivity contribution in [1.29, 1.82) is 0 Å². The van der Waals surface area contributed by atoms with Crippen LogP contribution in [0.25, 0.3) is 11.1 Å². The van der Waals surface area contributed by atoms with Crippen LogP contribution in [0, 0.1) is 0 Å². The first-order valence-electron chi connectivity index (χ1n) is 14.8. The highest BCUT2D eigenvalue weighted by Gasteiger charge is 2.43. The van der Waals surface area contributed by atoms with Crippen LogP contribution in [0.2, 0.25) is 0 Å². The number of nitrogens with one attached hydrogen (secondary N) is 1. The molecule has 0 fully saturated rings. The minimum absolute atomic E-state index is 0.168. The van der Waals surface area contributed by atoms with Crippen LogP contribution < -0.4 is 4.90 Å². The average Bonchev–Trinajstić information content (AvgIpc) is 3.68. The van der Waals surface area contributed by atoms with Gasteiger partial charge in [-0.15, -0.1) is 10.0 Å². The second-order valence-corrected chi connectivity index (χ2v) is 14.2. The average molecular weight is 573 g/mol. The number of H-pyrrole nitrogens is 1. The molecule has 1 aliphatic heterocycles. The molecule has 2 heterocycles. The molecule has 0 saturated heterocycles. The van der Waals surface area contributed by atoms with E-state index in [1.807, 2.05) is 0 Å². The Morgan fingerprint density at radius 2 is 1.14 bits per heavy atom. The molecule has 5 aromatic carbocycles. The van der Waals surface area contributed by atoms with E-state index in [1.54, 1.807) is 0 Å². The van der Waals surface area contributed by atoms with Gasteiger partial charge in [-0.2, -0.15) is 0 Å². The van der Waals surface area contributed by atoms with Gasteiger partial charge < -0.3 is 9.88 Å². The van der Waals surface area contributed by atoms with Gasteiger partial charge in [0, 0.05) is 43.0 Å². The van der Waals surface area contributed by atoms with Gasteiger partial charge >= 0.3 is 0 Å². The number of aromatic amines is 1. The van der Waals surface area contributed by atoms with E-state index < -0.39 is 10.0 Å². The van der Waals surface area contributed by atoms with Gasteiger partial charge in [-0.25, -0.2) is 0 Å². The maximum absolute atomic E-state index is 3.57. The number of rotatable bonds is 6. The molecule has 2 atom stereocenters. The van der Waals surface area contributed by atoms with Gasteiger partial charge in [0.15, 0.2) is 0 Å². The van der Waals surface area contributed by atoms with E-state index in [4.69, 9.17) is 0 Å². The van der Waals surface area contributed by atoms with Gasteiger partial charge in [0.1, 0.15) is 5.82 Å². The highest BCUT2D eigenvalue weighted by atomic mass is 32.3. The van der Waals surface area contributed by atoms with Crippen molar-refractivity contribution in [2.75, 3.05) is 4.90 Å². The van der Waals surface area contributed by atoms with E-state index in [2.05, 4.69) is 186 Å². The van der Waals surface area contributed by atoms with E-state index in [0.717, 1.165) is 0 Å². The lowest BCUT2D eigenvalue weighted by Gasteiger charge is -2.45. The van der Waals surface area contributed by atoms with Crippen molar-refractivity contribution in [3.8, 4) is 11.1 Å². The van der Waals surface area contributed by atoms with Gasteiger partial charge in [0.25, 0.3) is 0 Å². The van der Waals surface area contributed by atoms with Crippen molar-refractivity contribution in [2.45, 2.75) is 26.6 Å². The van der Waals surface area contributed by atoms with Gasteiger partial charge in [0.2, 0.25) is 0 Å². The maximum atomic E-state index is 3.57. The SMILES string of the molecule is C1=CC2c3cc[nH]c3N(c3ccccc3)C2C=C1S(c1ccccc1)(c1ccccc1)c1cccc(-c2ccccc2)c1. The number of para-hydroxylation sites is 1. The van der Waals surface area contributed by atoms with Crippen LogP contribution >= 0.6 is 10.0 Å². The molecule has 1 aromatic heterocycles. The molecule has 0 spiro atoms. The van der Waals surface area contributed by atoms with Crippen molar-refractivity contribution >= 4 is 21.5 Å². The Hall–Kier alpha value is -4.99. The van der Waals surface area contributed by atoms with Crippen LogP contribution in [0.5, 0.6) is 0 Å². The monoisotopic (exact) mass is 572 g/mol. The summed E-state index contributed by atoms with van der Waals surface area (Å²) >= 11 is 0. The lowest BCUT2D eigenvalue weighted by Crippen LogP contribution is -2.30. The molecule has 208 valence electrons. The fourth-order valence-electron chi connectivity index (χ4n) is 6.82. The van der Waals surface area contributed by atoms with Crippen LogP contribution in [0.4, 0.5) is 11.5 Å². The second kappa shape index (κ2) is 10.7. The third kappa shape index (κ3) is 4.19. The van der Waals surface area contributed by atoms with E-state index in [0.29, 0.717) is 0 Å². The Kier molecular flexibility index (Phi) is 6.39. The fraction of sp³-hybridized carbons (Fsp3) is 0.0500. The van der Waals surface area contributed by atoms with Crippen LogP contribution in [-0.4, -0.2) is 11.0 Å². The molecule has 0 saturated carbocycles. The molecule has 0 amide bonds. The summed E-state index contributed by atoms with van der Waals surface area (Å²) in [5, 5.41) is 0. The summed E-state index contributed by atoms with van der Waals surface area (Å²) in [4.78, 5) is 11.4. The molecule has 3 heteroatoms. The normalized spacial score (nSPS) is 17.7. The Morgan fingerprint density at radius 3 is 1.81 bits per heavy atom. The first kappa shape index (κ1) is 25.7. The van der Waals surface area contributed by atoms with E-state index >= 15 is 0 Å². The van der Waals surface area contributed by atoms with Gasteiger partial charge in [0.05, 0.1) is 6.04 Å². The highest BCUT2D eigenvalue weighted by Crippen LogP contribution is 2.74. The molecule has 0 bridgehead atoms. The number of allylic oxidation sites excluding steroid dienone is 1. The van der Waals surface area contributed by atoms with Gasteiger partial charge in [-0.1, -0.05) is 109 Å². The highest BCUT2D eigenvalue weighted by molar-refractivity contribution is 8.37. The largest absolute Gasteiger partial charge is 0.348 e. The molecule has 1 N–H and O–H groups in total. The minimum atomic E-state index is -1.84. The Balaban J connectivity index is 1.39. The molecular weight excluding hydrogens is 541 g/mol. The molecule has 2 aliphatic rings. The van der Waals surface area contributed by atoms with Gasteiger partial charge in [-0.05, 0) is 71.8 Å². The topological polar surface area (TPSA) is 19.0 Å². The lowest BCUT2D eigenvalue weighted by atomic mass is 9.92. The first-order valence-corrected chi connectivity index (χ1v) is 16.5. The van der Waals surface area contributed by atoms with Crippen molar-refractivity contribution < 1.29 is 0 Å². The van der Waals surface area contributed by atoms with E-state index in [9.17, 15) is 0 Å². The Morgan fingerprint density at radius 1 is 0.558 bits per heavy atom. The Labute approximate surface area is 255 Å². The summed E-state index contributed by atoms with van der Waals surface area (Å²) in [6, 6.07) is 55.5. The smallest absolute Gasteiger partial charge is 0.114 e. The van der Waals surface area contributed by atoms with Crippen molar-refractivity contribution in [3.63, 3.8) is 0 Å². The fourth-order valence-corrected chi connectivity index (χ4v) is 10.8. The summed E-state index contributed by atoms with van der Waals surface area (Å²) in [7, 11) is -1.84. The minimum Gasteiger partial charge on any atom is -0.348 e. The number of hydrogen-bond acceptors (Lipinski definition) is 1. The van der Waals surface area contributed by atoms with Crippen LogP contribution in [-0.2, 0) is 0 Å².